The van der Waals surface area contributed by atoms with Gasteiger partial charge in [0.1, 0.15) is 5.82 Å². The molecule has 0 bridgehead atoms. The number of aromatic amines is 2. The summed E-state index contributed by atoms with van der Waals surface area (Å²) in [5.74, 6) is 0.976. The molecule has 6 heteroatoms. The molecule has 1 aromatic carbocycles. The fraction of sp³-hybridized carbons (Fsp3) is 0.263. The van der Waals surface area contributed by atoms with Crippen LogP contribution in [0.4, 0.5) is 5.82 Å². The van der Waals surface area contributed by atoms with Crippen molar-refractivity contribution in [2.45, 2.75) is 13.0 Å². The van der Waals surface area contributed by atoms with E-state index in [1.54, 1.807) is 0 Å². The number of ether oxygens (including phenoxy) is 1. The van der Waals surface area contributed by atoms with Crippen LogP contribution in [-0.2, 0) is 4.74 Å². The second-order valence-electron chi connectivity index (χ2n) is 6.52. The average Bonchev–Trinajstić information content (AvgIpc) is 3.30. The first-order valence-electron chi connectivity index (χ1n) is 8.56. The number of aromatic nitrogens is 4. The first-order valence-corrected chi connectivity index (χ1v) is 8.56. The lowest BCUT2D eigenvalue weighted by Crippen LogP contribution is -2.44. The highest BCUT2D eigenvalue weighted by Gasteiger charge is 2.23. The molecule has 4 heterocycles. The number of hydrogen-bond acceptors (Lipinski definition) is 4. The Morgan fingerprint density at radius 3 is 3.08 bits per heavy atom. The molecule has 0 amide bonds. The molecular weight excluding hydrogens is 314 g/mol. The Balaban J connectivity index is 1.73. The van der Waals surface area contributed by atoms with Gasteiger partial charge in [0.05, 0.1) is 42.0 Å². The molecule has 0 radical (unpaired) electrons. The van der Waals surface area contributed by atoms with Crippen LogP contribution in [-0.4, -0.2) is 46.0 Å². The zero-order chi connectivity index (χ0) is 16.8. The van der Waals surface area contributed by atoms with Gasteiger partial charge in [0.2, 0.25) is 0 Å². The van der Waals surface area contributed by atoms with Gasteiger partial charge < -0.3 is 14.6 Å². The molecule has 25 heavy (non-hydrogen) atoms. The number of hydrogen-bond donors (Lipinski definition) is 2. The number of morpholine rings is 1. The van der Waals surface area contributed by atoms with E-state index in [1.807, 2.05) is 12.4 Å². The van der Waals surface area contributed by atoms with Crippen LogP contribution in [0.25, 0.3) is 33.1 Å². The van der Waals surface area contributed by atoms with Crippen molar-refractivity contribution in [2.24, 2.45) is 0 Å². The van der Waals surface area contributed by atoms with Crippen molar-refractivity contribution in [2.75, 3.05) is 24.7 Å². The van der Waals surface area contributed by atoms with Crippen molar-refractivity contribution in [3.05, 3.63) is 42.7 Å². The molecule has 2 N–H and O–H groups in total. The maximum absolute atomic E-state index is 5.59. The highest BCUT2D eigenvalue weighted by molar-refractivity contribution is 5.98. The van der Waals surface area contributed by atoms with Crippen molar-refractivity contribution in [1.29, 1.82) is 0 Å². The van der Waals surface area contributed by atoms with Gasteiger partial charge in [0.15, 0.2) is 0 Å². The van der Waals surface area contributed by atoms with Gasteiger partial charge in [-0.2, -0.15) is 5.10 Å². The highest BCUT2D eigenvalue weighted by atomic mass is 16.5. The Labute approximate surface area is 144 Å². The molecule has 1 atom stereocenters. The van der Waals surface area contributed by atoms with E-state index in [9.17, 15) is 0 Å². The molecule has 1 fully saturated rings. The first kappa shape index (κ1) is 14.5. The maximum Gasteiger partial charge on any atom is 0.140 e. The van der Waals surface area contributed by atoms with Crippen molar-refractivity contribution in [1.82, 2.24) is 20.2 Å². The van der Waals surface area contributed by atoms with E-state index in [0.717, 1.165) is 53.3 Å². The van der Waals surface area contributed by atoms with Crippen LogP contribution < -0.4 is 4.90 Å². The van der Waals surface area contributed by atoms with Gasteiger partial charge in [0, 0.05) is 29.2 Å². The summed E-state index contributed by atoms with van der Waals surface area (Å²) in [4.78, 5) is 10.6. The van der Waals surface area contributed by atoms with Gasteiger partial charge in [-0.25, -0.2) is 4.98 Å². The standard InChI is InChI=1S/C19H19N5O/c1-12-11-25-8-7-24(12)19-15-10-21-23-18(15)9-17(22-19)13-3-2-4-16-14(13)5-6-20-16/h2-6,9-10,12,20H,7-8,11H2,1H3,(H,21,23)/t12-/m1/s1. The summed E-state index contributed by atoms with van der Waals surface area (Å²) in [6, 6.07) is 10.7. The van der Waals surface area contributed by atoms with Crippen LogP contribution in [0.5, 0.6) is 0 Å². The third-order valence-corrected chi connectivity index (χ3v) is 4.93. The molecule has 126 valence electrons. The minimum Gasteiger partial charge on any atom is -0.377 e. The maximum atomic E-state index is 5.59. The van der Waals surface area contributed by atoms with Gasteiger partial charge in [-0.15, -0.1) is 0 Å². The number of fused-ring (bicyclic) bond motifs is 2. The number of H-pyrrole nitrogens is 2. The third-order valence-electron chi connectivity index (χ3n) is 4.93. The van der Waals surface area contributed by atoms with Crippen LogP contribution in [0.3, 0.4) is 0 Å². The molecule has 0 aliphatic carbocycles. The minimum atomic E-state index is 0.289. The highest BCUT2D eigenvalue weighted by Crippen LogP contribution is 2.33. The lowest BCUT2D eigenvalue weighted by molar-refractivity contribution is 0.0987. The Kier molecular flexibility index (Phi) is 3.24. The predicted molar refractivity (Wildman–Crippen MR) is 98.8 cm³/mol. The average molecular weight is 333 g/mol. The molecule has 0 saturated carbocycles. The van der Waals surface area contributed by atoms with Crippen LogP contribution >= 0.6 is 0 Å². The molecule has 1 saturated heterocycles. The van der Waals surface area contributed by atoms with E-state index in [1.165, 1.54) is 5.39 Å². The largest absolute Gasteiger partial charge is 0.377 e. The molecule has 5 rings (SSSR count). The Morgan fingerprint density at radius 2 is 2.16 bits per heavy atom. The van der Waals surface area contributed by atoms with Crippen LogP contribution in [0, 0.1) is 0 Å². The first-order chi connectivity index (χ1) is 12.3. The van der Waals surface area contributed by atoms with E-state index < -0.39 is 0 Å². The summed E-state index contributed by atoms with van der Waals surface area (Å²) in [5.41, 5.74) is 4.20. The molecule has 6 nitrogen and oxygen atoms in total. The number of rotatable bonds is 2. The SMILES string of the molecule is C[C@@H]1COCCN1c1nc(-c2cccc3[nH]ccc23)cc2[nH]ncc12. The summed E-state index contributed by atoms with van der Waals surface area (Å²) in [6.07, 6.45) is 3.83. The van der Waals surface area contributed by atoms with Gasteiger partial charge in [0.25, 0.3) is 0 Å². The molecule has 0 spiro atoms. The lowest BCUT2D eigenvalue weighted by Gasteiger charge is -2.34. The molecular formula is C19H19N5O. The Hall–Kier alpha value is -2.86. The zero-order valence-electron chi connectivity index (χ0n) is 14.0. The smallest absolute Gasteiger partial charge is 0.140 e. The summed E-state index contributed by atoms with van der Waals surface area (Å²) < 4.78 is 5.59. The van der Waals surface area contributed by atoms with Gasteiger partial charge in [-0.05, 0) is 25.1 Å². The van der Waals surface area contributed by atoms with Crippen molar-refractivity contribution in [3.63, 3.8) is 0 Å². The van der Waals surface area contributed by atoms with Crippen LogP contribution in [0.1, 0.15) is 6.92 Å². The molecule has 1 aliphatic heterocycles. The van der Waals surface area contributed by atoms with Crippen LogP contribution in [0.15, 0.2) is 42.7 Å². The van der Waals surface area contributed by atoms with E-state index >= 15 is 0 Å². The molecule has 0 unspecified atom stereocenters. The lowest BCUT2D eigenvalue weighted by atomic mass is 10.1. The molecule has 3 aromatic heterocycles. The number of pyridine rings is 1. The monoisotopic (exact) mass is 333 g/mol. The van der Waals surface area contributed by atoms with E-state index in [0.29, 0.717) is 0 Å². The minimum absolute atomic E-state index is 0.289. The third kappa shape index (κ3) is 2.29. The fourth-order valence-electron chi connectivity index (χ4n) is 3.64. The summed E-state index contributed by atoms with van der Waals surface area (Å²) >= 11 is 0. The quantitative estimate of drug-likeness (QED) is 0.590. The predicted octanol–water partition coefficient (Wildman–Crippen LogP) is 3.33. The summed E-state index contributed by atoms with van der Waals surface area (Å²) in [5, 5.41) is 9.58. The Morgan fingerprint density at radius 1 is 1.20 bits per heavy atom. The van der Waals surface area contributed by atoms with Crippen molar-refractivity contribution < 1.29 is 4.74 Å². The van der Waals surface area contributed by atoms with Gasteiger partial charge in [-0.1, -0.05) is 12.1 Å². The van der Waals surface area contributed by atoms with Gasteiger partial charge >= 0.3 is 0 Å². The van der Waals surface area contributed by atoms with Crippen molar-refractivity contribution in [3.8, 4) is 11.3 Å². The summed E-state index contributed by atoms with van der Waals surface area (Å²) in [7, 11) is 0. The van der Waals surface area contributed by atoms with Gasteiger partial charge in [-0.3, -0.25) is 5.10 Å². The fourth-order valence-corrected chi connectivity index (χ4v) is 3.64. The van der Waals surface area contributed by atoms with Crippen LogP contribution in [0.2, 0.25) is 0 Å². The zero-order valence-corrected chi connectivity index (χ0v) is 14.0. The normalized spacial score (nSPS) is 18.3. The number of nitrogens with zero attached hydrogens (tertiary/aromatic N) is 3. The second-order valence-corrected chi connectivity index (χ2v) is 6.52. The Bertz CT molecular complexity index is 1050. The number of nitrogens with one attached hydrogen (secondary N) is 2. The second kappa shape index (κ2) is 5.60. The van der Waals surface area contributed by atoms with E-state index in [4.69, 9.17) is 9.72 Å². The number of benzene rings is 1. The summed E-state index contributed by atoms with van der Waals surface area (Å²) in [6.45, 7) is 4.46. The topological polar surface area (TPSA) is 69.8 Å². The number of anilines is 1. The van der Waals surface area contributed by atoms with E-state index in [2.05, 4.69) is 57.3 Å². The molecule has 1 aliphatic rings. The van der Waals surface area contributed by atoms with E-state index in [-0.39, 0.29) is 6.04 Å². The molecule has 4 aromatic rings. The van der Waals surface area contributed by atoms with Crippen molar-refractivity contribution >= 4 is 27.6 Å².